The van der Waals surface area contributed by atoms with E-state index in [1.165, 1.54) is 0 Å². The van der Waals surface area contributed by atoms with E-state index in [0.29, 0.717) is 29.8 Å². The maximum Gasteiger partial charge on any atom is 0.241 e. The van der Waals surface area contributed by atoms with Crippen LogP contribution in [0.25, 0.3) is 11.4 Å². The van der Waals surface area contributed by atoms with Crippen LogP contribution in [0, 0.1) is 5.92 Å². The lowest BCUT2D eigenvalue weighted by molar-refractivity contribution is -0.136. The van der Waals surface area contributed by atoms with Gasteiger partial charge in [-0.1, -0.05) is 59.2 Å². The molecule has 0 atom stereocenters. The van der Waals surface area contributed by atoms with E-state index in [0.717, 1.165) is 37.1 Å². The van der Waals surface area contributed by atoms with E-state index in [-0.39, 0.29) is 11.8 Å². The highest BCUT2D eigenvalue weighted by Crippen LogP contribution is 2.22. The normalized spacial score (nSPS) is 15.3. The summed E-state index contributed by atoms with van der Waals surface area (Å²) in [5.74, 6) is 1.48. The summed E-state index contributed by atoms with van der Waals surface area (Å²) >= 11 is 5.94. The maximum atomic E-state index is 12.8. The highest BCUT2D eigenvalue weighted by Gasteiger charge is 2.28. The molecular weight excluding hydrogens is 400 g/mol. The molecule has 4 rings (SSSR count). The molecule has 156 valence electrons. The minimum Gasteiger partial charge on any atom is -0.341 e. The molecule has 0 spiro atoms. The molecule has 1 amide bonds. The predicted octanol–water partition coefficient (Wildman–Crippen LogP) is 4.26. The molecule has 1 aliphatic rings. The zero-order valence-corrected chi connectivity index (χ0v) is 17.8. The number of nitrogens with zero attached hydrogens (tertiary/aromatic N) is 4. The lowest BCUT2D eigenvalue weighted by atomic mass is 9.95. The first kappa shape index (κ1) is 20.6. The second-order valence-electron chi connectivity index (χ2n) is 7.75. The van der Waals surface area contributed by atoms with E-state index in [4.69, 9.17) is 16.1 Å². The van der Waals surface area contributed by atoms with Crippen LogP contribution in [0.5, 0.6) is 0 Å². The van der Waals surface area contributed by atoms with Gasteiger partial charge in [0.2, 0.25) is 17.6 Å². The first-order chi connectivity index (χ1) is 14.6. The van der Waals surface area contributed by atoms with Gasteiger partial charge < -0.3 is 9.42 Å². The molecule has 0 unspecified atom stereocenters. The molecule has 7 heteroatoms. The smallest absolute Gasteiger partial charge is 0.241 e. The van der Waals surface area contributed by atoms with Gasteiger partial charge in [0.25, 0.3) is 0 Å². The van der Waals surface area contributed by atoms with Crippen LogP contribution in [0.15, 0.2) is 59.1 Å². The van der Waals surface area contributed by atoms with Crippen molar-refractivity contribution in [2.24, 2.45) is 5.92 Å². The van der Waals surface area contributed by atoms with E-state index in [2.05, 4.69) is 15.0 Å². The Labute approximate surface area is 181 Å². The number of likely N-dealkylation sites (tertiary alicyclic amines) is 1. The van der Waals surface area contributed by atoms with E-state index in [1.54, 1.807) is 0 Å². The Morgan fingerprint density at radius 2 is 1.83 bits per heavy atom. The third-order valence-electron chi connectivity index (χ3n) is 5.50. The summed E-state index contributed by atoms with van der Waals surface area (Å²) in [6.45, 7) is 2.89. The number of hydrogen-bond acceptors (Lipinski definition) is 5. The number of benzene rings is 2. The van der Waals surface area contributed by atoms with Crippen molar-refractivity contribution >= 4 is 17.5 Å². The molecule has 1 aromatic heterocycles. The van der Waals surface area contributed by atoms with E-state index >= 15 is 0 Å². The number of carbonyl (C=O) groups is 1. The second-order valence-corrected chi connectivity index (χ2v) is 8.19. The van der Waals surface area contributed by atoms with Crippen molar-refractivity contribution in [1.29, 1.82) is 0 Å². The molecule has 1 aliphatic heterocycles. The number of amides is 1. The van der Waals surface area contributed by atoms with Crippen molar-refractivity contribution in [3.05, 3.63) is 71.1 Å². The third-order valence-corrected chi connectivity index (χ3v) is 5.76. The summed E-state index contributed by atoms with van der Waals surface area (Å²) in [4.78, 5) is 21.4. The van der Waals surface area contributed by atoms with Crippen molar-refractivity contribution in [2.45, 2.75) is 25.9 Å². The molecule has 3 aromatic rings. The van der Waals surface area contributed by atoms with Gasteiger partial charge in [0, 0.05) is 30.1 Å². The highest BCUT2D eigenvalue weighted by atomic mass is 35.5. The zero-order valence-electron chi connectivity index (χ0n) is 17.0. The summed E-state index contributed by atoms with van der Waals surface area (Å²) in [7, 11) is 1.87. The van der Waals surface area contributed by atoms with Crippen molar-refractivity contribution < 1.29 is 9.32 Å². The predicted molar refractivity (Wildman–Crippen MR) is 116 cm³/mol. The second kappa shape index (κ2) is 9.41. The molecule has 1 fully saturated rings. The Kier molecular flexibility index (Phi) is 6.45. The van der Waals surface area contributed by atoms with Gasteiger partial charge in [0.05, 0.1) is 6.54 Å². The minimum absolute atomic E-state index is 0.0566. The summed E-state index contributed by atoms with van der Waals surface area (Å²) in [6, 6.07) is 17.4. The molecule has 30 heavy (non-hydrogen) atoms. The Morgan fingerprint density at radius 3 is 2.53 bits per heavy atom. The Hall–Kier alpha value is -2.70. The van der Waals surface area contributed by atoms with Crippen LogP contribution >= 0.6 is 11.6 Å². The van der Waals surface area contributed by atoms with Crippen LogP contribution in [0.3, 0.4) is 0 Å². The Balaban J connectivity index is 1.27. The number of hydrogen-bond donors (Lipinski definition) is 0. The molecular formula is C23H25ClN4O2. The SMILES string of the molecule is CN(Cc1ccc(Cl)cc1)C(=O)C1CCN(Cc2nc(-c3ccccc3)no2)CC1. The molecule has 0 bridgehead atoms. The number of aromatic nitrogens is 2. The molecule has 0 N–H and O–H groups in total. The molecule has 0 saturated carbocycles. The summed E-state index contributed by atoms with van der Waals surface area (Å²) < 4.78 is 5.42. The van der Waals surface area contributed by atoms with Gasteiger partial charge in [-0.15, -0.1) is 0 Å². The van der Waals surface area contributed by atoms with Crippen LogP contribution in [0.2, 0.25) is 5.02 Å². The van der Waals surface area contributed by atoms with Crippen LogP contribution < -0.4 is 0 Å². The van der Waals surface area contributed by atoms with Crippen LogP contribution in [0.4, 0.5) is 0 Å². The average molecular weight is 425 g/mol. The number of halogens is 1. The first-order valence-electron chi connectivity index (χ1n) is 10.2. The zero-order chi connectivity index (χ0) is 20.9. The fourth-order valence-electron chi connectivity index (χ4n) is 3.81. The van der Waals surface area contributed by atoms with Crippen LogP contribution in [0.1, 0.15) is 24.3 Å². The topological polar surface area (TPSA) is 62.5 Å². The average Bonchev–Trinajstić information content (AvgIpc) is 3.24. The number of piperidine rings is 1. The van der Waals surface area contributed by atoms with Crippen molar-refractivity contribution in [3.8, 4) is 11.4 Å². The highest BCUT2D eigenvalue weighted by molar-refractivity contribution is 6.30. The van der Waals surface area contributed by atoms with Crippen molar-refractivity contribution in [1.82, 2.24) is 19.9 Å². The fraction of sp³-hybridized carbons (Fsp3) is 0.348. The Bertz CT molecular complexity index is 966. The maximum absolute atomic E-state index is 12.8. The van der Waals surface area contributed by atoms with Gasteiger partial charge in [0.1, 0.15) is 0 Å². The van der Waals surface area contributed by atoms with Gasteiger partial charge in [-0.2, -0.15) is 4.98 Å². The standard InChI is InChI=1S/C23H25ClN4O2/c1-27(15-17-7-9-20(24)10-8-17)23(29)19-11-13-28(14-12-19)16-21-25-22(26-30-21)18-5-3-2-4-6-18/h2-10,19H,11-16H2,1H3. The lowest BCUT2D eigenvalue weighted by Crippen LogP contribution is -2.40. The van der Waals surface area contributed by atoms with Gasteiger partial charge >= 0.3 is 0 Å². The summed E-state index contributed by atoms with van der Waals surface area (Å²) in [6.07, 6.45) is 1.67. The quantitative estimate of drug-likeness (QED) is 0.591. The molecule has 2 aromatic carbocycles. The monoisotopic (exact) mass is 424 g/mol. The van der Waals surface area contributed by atoms with Crippen molar-refractivity contribution in [2.75, 3.05) is 20.1 Å². The number of carbonyl (C=O) groups excluding carboxylic acids is 1. The Morgan fingerprint density at radius 1 is 1.13 bits per heavy atom. The molecule has 1 saturated heterocycles. The largest absolute Gasteiger partial charge is 0.341 e. The molecule has 0 radical (unpaired) electrons. The van der Waals surface area contributed by atoms with Gasteiger partial charge in [0.15, 0.2) is 0 Å². The lowest BCUT2D eigenvalue weighted by Gasteiger charge is -2.32. The van der Waals surface area contributed by atoms with Gasteiger partial charge in [-0.3, -0.25) is 9.69 Å². The first-order valence-corrected chi connectivity index (χ1v) is 10.6. The fourth-order valence-corrected chi connectivity index (χ4v) is 3.93. The van der Waals surface area contributed by atoms with Gasteiger partial charge in [-0.25, -0.2) is 0 Å². The molecule has 2 heterocycles. The summed E-state index contributed by atoms with van der Waals surface area (Å²) in [5, 5.41) is 4.79. The van der Waals surface area contributed by atoms with Crippen LogP contribution in [-0.2, 0) is 17.9 Å². The van der Waals surface area contributed by atoms with Crippen molar-refractivity contribution in [3.63, 3.8) is 0 Å². The van der Waals surface area contributed by atoms with Crippen LogP contribution in [-0.4, -0.2) is 46.0 Å². The van der Waals surface area contributed by atoms with E-state index in [9.17, 15) is 4.79 Å². The van der Waals surface area contributed by atoms with Gasteiger partial charge in [-0.05, 0) is 43.6 Å². The minimum atomic E-state index is 0.0566. The number of rotatable bonds is 6. The van der Waals surface area contributed by atoms with E-state index in [1.807, 2.05) is 66.5 Å². The summed E-state index contributed by atoms with van der Waals surface area (Å²) in [5.41, 5.74) is 2.03. The third kappa shape index (κ3) is 5.07. The molecule has 6 nitrogen and oxygen atoms in total. The van der Waals surface area contributed by atoms with E-state index < -0.39 is 0 Å². The molecule has 0 aliphatic carbocycles.